The average Bonchev–Trinajstić information content (AvgIpc) is 3.07. The Balaban J connectivity index is 0.00000192. The minimum absolute atomic E-state index is 0. The van der Waals surface area contributed by atoms with Gasteiger partial charge in [0.2, 0.25) is 0 Å². The van der Waals surface area contributed by atoms with Crippen LogP contribution in [0.25, 0.3) is 0 Å². The van der Waals surface area contributed by atoms with E-state index in [1.165, 1.54) is 0 Å². The fourth-order valence-corrected chi connectivity index (χ4v) is 2.97. The van der Waals surface area contributed by atoms with Crippen LogP contribution in [0.4, 0.5) is 0 Å². The van der Waals surface area contributed by atoms with E-state index in [0.29, 0.717) is 6.61 Å². The zero-order valence-corrected chi connectivity index (χ0v) is 14.3. The number of halogens is 1. The molecule has 0 spiro atoms. The van der Waals surface area contributed by atoms with Gasteiger partial charge in [-0.1, -0.05) is 0 Å². The van der Waals surface area contributed by atoms with Crippen molar-refractivity contribution in [3.05, 3.63) is 29.8 Å². The Morgan fingerprint density at radius 2 is 2.17 bits per heavy atom. The fourth-order valence-electron chi connectivity index (χ4n) is 2.97. The smallest absolute Gasteiger partial charge is 0.254 e. The van der Waals surface area contributed by atoms with Crippen LogP contribution in [-0.2, 0) is 4.74 Å². The molecule has 1 aromatic rings. The van der Waals surface area contributed by atoms with Gasteiger partial charge in [-0.25, -0.2) is 0 Å². The first kappa shape index (κ1) is 18.0. The van der Waals surface area contributed by atoms with E-state index in [9.17, 15) is 4.79 Å². The Kier molecular flexibility index (Phi) is 6.69. The van der Waals surface area contributed by atoms with Crippen molar-refractivity contribution in [2.24, 2.45) is 0 Å². The number of hydrogen-bond acceptors (Lipinski definition) is 4. The monoisotopic (exact) mass is 340 g/mol. The molecule has 0 radical (unpaired) electrons. The van der Waals surface area contributed by atoms with E-state index in [0.717, 1.165) is 50.4 Å². The summed E-state index contributed by atoms with van der Waals surface area (Å²) in [6, 6.07) is 7.67. The van der Waals surface area contributed by atoms with Crippen LogP contribution < -0.4 is 10.1 Å². The number of piperazine rings is 1. The molecule has 0 aliphatic carbocycles. The molecule has 0 saturated carbocycles. The summed E-state index contributed by atoms with van der Waals surface area (Å²) >= 11 is 0. The number of hydrogen-bond donors (Lipinski definition) is 1. The van der Waals surface area contributed by atoms with E-state index in [1.54, 1.807) is 0 Å². The summed E-state index contributed by atoms with van der Waals surface area (Å²) in [6.07, 6.45) is 2.39. The second-order valence-corrected chi connectivity index (χ2v) is 6.02. The molecule has 5 nitrogen and oxygen atoms in total. The number of benzene rings is 1. The molecule has 2 saturated heterocycles. The Morgan fingerprint density at radius 3 is 2.83 bits per heavy atom. The standard InChI is InChI=1S/C17H24N2O3.ClH/c1-13-11-18-8-9-19(13)17(20)14-4-6-15(7-5-14)22-12-16-3-2-10-21-16;/h4-7,13,16,18H,2-3,8-12H2,1H3;1H/t13-,16?;/m0./s1. The second-order valence-electron chi connectivity index (χ2n) is 6.02. The van der Waals surface area contributed by atoms with Gasteiger partial charge in [0.1, 0.15) is 12.4 Å². The van der Waals surface area contributed by atoms with Crippen molar-refractivity contribution in [1.29, 1.82) is 0 Å². The first-order chi connectivity index (χ1) is 10.7. The maximum absolute atomic E-state index is 12.5. The normalized spacial score (nSPS) is 24.1. The van der Waals surface area contributed by atoms with Gasteiger partial charge in [0.25, 0.3) is 5.91 Å². The van der Waals surface area contributed by atoms with Crippen LogP contribution in [0.3, 0.4) is 0 Å². The summed E-state index contributed by atoms with van der Waals surface area (Å²) < 4.78 is 11.3. The second kappa shape index (κ2) is 8.52. The van der Waals surface area contributed by atoms with E-state index in [1.807, 2.05) is 29.2 Å². The molecule has 0 aromatic heterocycles. The lowest BCUT2D eigenvalue weighted by molar-refractivity contribution is 0.0652. The topological polar surface area (TPSA) is 50.8 Å². The van der Waals surface area contributed by atoms with Crippen molar-refractivity contribution in [3.8, 4) is 5.75 Å². The Labute approximate surface area is 143 Å². The van der Waals surface area contributed by atoms with Gasteiger partial charge in [-0.15, -0.1) is 12.4 Å². The van der Waals surface area contributed by atoms with Gasteiger partial charge in [-0.3, -0.25) is 4.79 Å². The van der Waals surface area contributed by atoms with Gasteiger partial charge in [-0.2, -0.15) is 0 Å². The number of amides is 1. The number of carbonyl (C=O) groups is 1. The average molecular weight is 341 g/mol. The number of nitrogens with zero attached hydrogens (tertiary/aromatic N) is 1. The minimum atomic E-state index is 0. The van der Waals surface area contributed by atoms with Gasteiger partial charge < -0.3 is 19.7 Å². The van der Waals surface area contributed by atoms with Gasteiger partial charge in [0.05, 0.1) is 6.10 Å². The molecule has 2 heterocycles. The molecular weight excluding hydrogens is 316 g/mol. The molecule has 1 N–H and O–H groups in total. The fraction of sp³-hybridized carbons (Fsp3) is 0.588. The number of carbonyl (C=O) groups excluding carboxylic acids is 1. The predicted octanol–water partition coefficient (Wildman–Crippen LogP) is 2.10. The van der Waals surface area contributed by atoms with Crippen LogP contribution in [0.2, 0.25) is 0 Å². The van der Waals surface area contributed by atoms with Gasteiger partial charge in [0.15, 0.2) is 0 Å². The van der Waals surface area contributed by atoms with Crippen LogP contribution in [0.15, 0.2) is 24.3 Å². The summed E-state index contributed by atoms with van der Waals surface area (Å²) in [4.78, 5) is 14.5. The molecule has 2 aliphatic rings. The molecule has 2 aliphatic heterocycles. The van der Waals surface area contributed by atoms with Crippen molar-refractivity contribution in [3.63, 3.8) is 0 Å². The summed E-state index contributed by atoms with van der Waals surface area (Å²) in [5.74, 6) is 0.889. The van der Waals surface area contributed by atoms with Crippen LogP contribution in [-0.4, -0.2) is 55.8 Å². The van der Waals surface area contributed by atoms with Crippen molar-refractivity contribution < 1.29 is 14.3 Å². The molecule has 2 fully saturated rings. The lowest BCUT2D eigenvalue weighted by Gasteiger charge is -2.34. The summed E-state index contributed by atoms with van der Waals surface area (Å²) in [7, 11) is 0. The largest absolute Gasteiger partial charge is 0.491 e. The van der Waals surface area contributed by atoms with Crippen LogP contribution >= 0.6 is 12.4 Å². The molecule has 23 heavy (non-hydrogen) atoms. The van der Waals surface area contributed by atoms with Crippen LogP contribution in [0.1, 0.15) is 30.1 Å². The van der Waals surface area contributed by atoms with Gasteiger partial charge in [-0.05, 0) is 44.0 Å². The SMILES string of the molecule is C[C@H]1CNCCN1C(=O)c1ccc(OCC2CCCO2)cc1.Cl. The van der Waals surface area contributed by atoms with Gasteiger partial charge in [0, 0.05) is 37.8 Å². The zero-order valence-electron chi connectivity index (χ0n) is 13.5. The molecule has 0 bridgehead atoms. The van der Waals surface area contributed by atoms with E-state index < -0.39 is 0 Å². The molecule has 1 aromatic carbocycles. The lowest BCUT2D eigenvalue weighted by Crippen LogP contribution is -2.52. The van der Waals surface area contributed by atoms with Crippen molar-refractivity contribution >= 4 is 18.3 Å². The van der Waals surface area contributed by atoms with E-state index >= 15 is 0 Å². The maximum atomic E-state index is 12.5. The molecule has 6 heteroatoms. The number of rotatable bonds is 4. The summed E-state index contributed by atoms with van der Waals surface area (Å²) in [6.45, 7) is 5.97. The highest BCUT2D eigenvalue weighted by molar-refractivity contribution is 5.94. The molecule has 2 atom stereocenters. The minimum Gasteiger partial charge on any atom is -0.491 e. The third-order valence-electron chi connectivity index (χ3n) is 4.32. The summed E-state index contributed by atoms with van der Waals surface area (Å²) in [5.41, 5.74) is 0.721. The quantitative estimate of drug-likeness (QED) is 0.912. The molecule has 1 unspecified atom stereocenters. The maximum Gasteiger partial charge on any atom is 0.254 e. The van der Waals surface area contributed by atoms with E-state index in [4.69, 9.17) is 9.47 Å². The lowest BCUT2D eigenvalue weighted by atomic mass is 10.1. The third kappa shape index (κ3) is 4.59. The molecule has 3 rings (SSSR count). The van der Waals surface area contributed by atoms with Crippen molar-refractivity contribution in [2.75, 3.05) is 32.8 Å². The van der Waals surface area contributed by atoms with Crippen LogP contribution in [0, 0.1) is 0 Å². The highest BCUT2D eigenvalue weighted by Crippen LogP contribution is 2.18. The number of ether oxygens (including phenoxy) is 2. The van der Waals surface area contributed by atoms with Crippen LogP contribution in [0.5, 0.6) is 5.75 Å². The Hall–Kier alpha value is -1.30. The Bertz CT molecular complexity index is 503. The Morgan fingerprint density at radius 1 is 1.39 bits per heavy atom. The van der Waals surface area contributed by atoms with E-state index in [2.05, 4.69) is 12.2 Å². The summed E-state index contributed by atoms with van der Waals surface area (Å²) in [5, 5.41) is 3.30. The first-order valence-corrected chi connectivity index (χ1v) is 8.10. The molecular formula is C17H25ClN2O3. The number of nitrogens with one attached hydrogen (secondary N) is 1. The third-order valence-corrected chi connectivity index (χ3v) is 4.32. The molecule has 1 amide bonds. The first-order valence-electron chi connectivity index (χ1n) is 8.10. The molecule has 128 valence electrons. The van der Waals surface area contributed by atoms with E-state index in [-0.39, 0.29) is 30.5 Å². The zero-order chi connectivity index (χ0) is 15.4. The highest BCUT2D eigenvalue weighted by atomic mass is 35.5. The van der Waals surface area contributed by atoms with Crippen molar-refractivity contribution in [1.82, 2.24) is 10.2 Å². The predicted molar refractivity (Wildman–Crippen MR) is 91.5 cm³/mol. The van der Waals surface area contributed by atoms with Gasteiger partial charge >= 0.3 is 0 Å². The highest BCUT2D eigenvalue weighted by Gasteiger charge is 2.24. The van der Waals surface area contributed by atoms with Crippen molar-refractivity contribution in [2.45, 2.75) is 31.9 Å².